The van der Waals surface area contributed by atoms with Gasteiger partial charge < -0.3 is 19.0 Å². The Morgan fingerprint density at radius 2 is 2.06 bits per heavy atom. The number of pyridine rings is 2. The molecule has 0 saturated carbocycles. The molecule has 2 aliphatic rings. The molecular formula is C25H22N4O4. The minimum atomic E-state index is -1.45. The zero-order valence-electron chi connectivity index (χ0n) is 18.1. The third-order valence-corrected chi connectivity index (χ3v) is 6.87. The fraction of sp³-hybridized carbons (Fsp3) is 0.280. The monoisotopic (exact) mass is 442 g/mol. The average Bonchev–Trinajstić information content (AvgIpc) is 3.43. The fourth-order valence-electron chi connectivity index (χ4n) is 5.05. The molecule has 166 valence electrons. The molecule has 6 rings (SSSR count). The van der Waals surface area contributed by atoms with Gasteiger partial charge in [-0.05, 0) is 29.7 Å². The van der Waals surface area contributed by atoms with Crippen molar-refractivity contribution in [3.63, 3.8) is 0 Å². The molecule has 0 bridgehead atoms. The lowest BCUT2D eigenvalue weighted by atomic mass is 9.85. The van der Waals surface area contributed by atoms with E-state index in [0.717, 1.165) is 27.7 Å². The number of rotatable bonds is 3. The summed E-state index contributed by atoms with van der Waals surface area (Å²) in [6, 6.07) is 9.77. The summed E-state index contributed by atoms with van der Waals surface area (Å²) < 4.78 is 8.94. The van der Waals surface area contributed by atoms with Gasteiger partial charge in [0, 0.05) is 29.9 Å². The first-order valence-electron chi connectivity index (χ1n) is 11.0. The lowest BCUT2D eigenvalue weighted by Crippen LogP contribution is -2.32. The Kier molecular flexibility index (Phi) is 4.28. The summed E-state index contributed by atoms with van der Waals surface area (Å²) >= 11 is 0. The number of carbonyl (C=O) groups excluding carboxylic acids is 1. The quantitative estimate of drug-likeness (QED) is 0.432. The summed E-state index contributed by atoms with van der Waals surface area (Å²) in [5, 5.41) is 12.3. The molecule has 1 aromatic carbocycles. The standard InChI is InChI=1S/C25H22N4O4/c1-2-25(32)10-22(30)33-13-18-19(25)9-21-23-17(12-29(21)24(18)31)16(11-28-8-7-26-14-28)15-5-3-4-6-20(15)27-23/h3-9,14,32H,2,10-13H2,1H3. The zero-order valence-corrected chi connectivity index (χ0v) is 18.1. The molecule has 0 saturated heterocycles. The maximum Gasteiger partial charge on any atom is 0.309 e. The van der Waals surface area contributed by atoms with Gasteiger partial charge in [-0.25, -0.2) is 9.97 Å². The highest BCUT2D eigenvalue weighted by Gasteiger charge is 2.39. The SMILES string of the molecule is CCC1(O)CC(=O)OCc2c1cc1n(c2=O)Cc2c-1nc1ccccc1c2Cn1ccnc1. The molecule has 0 radical (unpaired) electrons. The number of nitrogens with zero attached hydrogens (tertiary/aromatic N) is 4. The molecule has 4 aromatic rings. The van der Waals surface area contributed by atoms with Gasteiger partial charge in [-0.1, -0.05) is 25.1 Å². The number of imidazole rings is 1. The number of cyclic esters (lactones) is 1. The van der Waals surface area contributed by atoms with Gasteiger partial charge in [-0.2, -0.15) is 0 Å². The Bertz CT molecular complexity index is 1490. The number of aliphatic hydroxyl groups is 1. The molecule has 8 nitrogen and oxygen atoms in total. The van der Waals surface area contributed by atoms with Crippen molar-refractivity contribution in [1.82, 2.24) is 19.1 Å². The van der Waals surface area contributed by atoms with Gasteiger partial charge in [0.25, 0.3) is 5.56 Å². The van der Waals surface area contributed by atoms with E-state index < -0.39 is 11.6 Å². The molecule has 1 atom stereocenters. The fourth-order valence-corrected chi connectivity index (χ4v) is 5.05. The molecule has 2 aliphatic heterocycles. The molecule has 0 aliphatic carbocycles. The number of benzene rings is 1. The predicted molar refractivity (Wildman–Crippen MR) is 120 cm³/mol. The molecule has 0 fully saturated rings. The van der Waals surface area contributed by atoms with Crippen molar-refractivity contribution in [1.29, 1.82) is 0 Å². The normalized spacial score (nSPS) is 19.0. The molecule has 1 N–H and O–H groups in total. The molecule has 33 heavy (non-hydrogen) atoms. The van der Waals surface area contributed by atoms with Gasteiger partial charge in [0.1, 0.15) is 12.2 Å². The second-order valence-electron chi connectivity index (χ2n) is 8.71. The first-order chi connectivity index (χ1) is 16.0. The van der Waals surface area contributed by atoms with E-state index in [9.17, 15) is 14.7 Å². The van der Waals surface area contributed by atoms with Crippen molar-refractivity contribution in [2.24, 2.45) is 0 Å². The topological polar surface area (TPSA) is 99.2 Å². The number of fused-ring (bicyclic) bond motifs is 5. The van der Waals surface area contributed by atoms with Gasteiger partial charge in [0.2, 0.25) is 0 Å². The molecule has 1 unspecified atom stereocenters. The van der Waals surface area contributed by atoms with Crippen LogP contribution in [-0.4, -0.2) is 30.2 Å². The van der Waals surface area contributed by atoms with Crippen molar-refractivity contribution < 1.29 is 14.6 Å². The number of hydrogen-bond acceptors (Lipinski definition) is 6. The summed E-state index contributed by atoms with van der Waals surface area (Å²) in [4.78, 5) is 34.8. The van der Waals surface area contributed by atoms with Crippen LogP contribution in [0.2, 0.25) is 0 Å². The Balaban J connectivity index is 1.62. The van der Waals surface area contributed by atoms with Crippen LogP contribution < -0.4 is 5.56 Å². The molecule has 8 heteroatoms. The van der Waals surface area contributed by atoms with Crippen molar-refractivity contribution in [3.05, 3.63) is 81.7 Å². The average molecular weight is 442 g/mol. The third-order valence-electron chi connectivity index (χ3n) is 6.87. The van der Waals surface area contributed by atoms with Crippen LogP contribution >= 0.6 is 0 Å². The van der Waals surface area contributed by atoms with Crippen LogP contribution in [-0.2, 0) is 34.8 Å². The predicted octanol–water partition coefficient (Wildman–Crippen LogP) is 2.71. The highest BCUT2D eigenvalue weighted by molar-refractivity contribution is 5.88. The second kappa shape index (κ2) is 7.11. The van der Waals surface area contributed by atoms with Crippen LogP contribution in [0.25, 0.3) is 22.3 Å². The molecular weight excluding hydrogens is 420 g/mol. The third kappa shape index (κ3) is 2.94. The van der Waals surface area contributed by atoms with Crippen LogP contribution in [0.3, 0.4) is 0 Å². The first kappa shape index (κ1) is 19.9. The summed E-state index contributed by atoms with van der Waals surface area (Å²) in [6.45, 7) is 2.64. The van der Waals surface area contributed by atoms with Crippen LogP contribution in [0, 0.1) is 0 Å². The molecule has 0 spiro atoms. The number of hydrogen-bond donors (Lipinski definition) is 1. The highest BCUT2D eigenvalue weighted by Crippen LogP contribution is 2.40. The Morgan fingerprint density at radius 1 is 1.21 bits per heavy atom. The van der Waals surface area contributed by atoms with Gasteiger partial charge >= 0.3 is 5.97 Å². The van der Waals surface area contributed by atoms with E-state index in [1.807, 2.05) is 41.1 Å². The number of carbonyl (C=O) groups is 1. The minimum Gasteiger partial charge on any atom is -0.460 e. The number of esters is 1. The maximum absolute atomic E-state index is 13.6. The lowest BCUT2D eigenvalue weighted by Gasteiger charge is -2.26. The van der Waals surface area contributed by atoms with E-state index in [2.05, 4.69) is 4.98 Å². The van der Waals surface area contributed by atoms with Crippen molar-refractivity contribution in [2.45, 2.75) is 45.1 Å². The maximum atomic E-state index is 13.6. The van der Waals surface area contributed by atoms with E-state index in [-0.39, 0.29) is 18.6 Å². The van der Waals surface area contributed by atoms with Gasteiger partial charge in [0.15, 0.2) is 0 Å². The van der Waals surface area contributed by atoms with Crippen LogP contribution in [0.5, 0.6) is 0 Å². The Hall–Kier alpha value is -3.78. The minimum absolute atomic E-state index is 0.136. The van der Waals surface area contributed by atoms with Crippen molar-refractivity contribution in [2.75, 3.05) is 0 Å². The van der Waals surface area contributed by atoms with E-state index in [1.54, 1.807) is 24.0 Å². The van der Waals surface area contributed by atoms with Crippen LogP contribution in [0.15, 0.2) is 53.8 Å². The molecule has 0 amide bonds. The summed E-state index contributed by atoms with van der Waals surface area (Å²) in [5.74, 6) is -0.507. The van der Waals surface area contributed by atoms with Crippen molar-refractivity contribution in [3.8, 4) is 11.4 Å². The summed E-state index contributed by atoms with van der Waals surface area (Å²) in [6.07, 6.45) is 5.54. The summed E-state index contributed by atoms with van der Waals surface area (Å²) in [5.41, 5.74) is 3.41. The van der Waals surface area contributed by atoms with Crippen molar-refractivity contribution >= 4 is 16.9 Å². The van der Waals surface area contributed by atoms with E-state index in [0.29, 0.717) is 36.3 Å². The van der Waals surface area contributed by atoms with E-state index in [4.69, 9.17) is 9.72 Å². The molecule has 3 aromatic heterocycles. The zero-order chi connectivity index (χ0) is 22.7. The smallest absolute Gasteiger partial charge is 0.309 e. The number of para-hydroxylation sites is 1. The lowest BCUT2D eigenvalue weighted by molar-refractivity contribution is -0.149. The van der Waals surface area contributed by atoms with Crippen LogP contribution in [0.1, 0.15) is 42.0 Å². The molecule has 5 heterocycles. The Morgan fingerprint density at radius 3 is 2.85 bits per heavy atom. The summed E-state index contributed by atoms with van der Waals surface area (Å²) in [7, 11) is 0. The van der Waals surface area contributed by atoms with Crippen LogP contribution in [0.4, 0.5) is 0 Å². The Labute approximate surface area is 189 Å². The van der Waals surface area contributed by atoms with Gasteiger partial charge in [-0.3, -0.25) is 9.59 Å². The van der Waals surface area contributed by atoms with Gasteiger partial charge in [0.05, 0.1) is 41.8 Å². The largest absolute Gasteiger partial charge is 0.460 e. The van der Waals surface area contributed by atoms with Gasteiger partial charge in [-0.15, -0.1) is 0 Å². The highest BCUT2D eigenvalue weighted by atomic mass is 16.5. The number of ether oxygens (including phenoxy) is 1. The number of aromatic nitrogens is 4. The van der Waals surface area contributed by atoms with E-state index in [1.165, 1.54) is 0 Å². The first-order valence-corrected chi connectivity index (χ1v) is 11.0. The van der Waals surface area contributed by atoms with E-state index >= 15 is 0 Å². The second-order valence-corrected chi connectivity index (χ2v) is 8.71.